The highest BCUT2D eigenvalue weighted by molar-refractivity contribution is 5.94. The Labute approximate surface area is 118 Å². The summed E-state index contributed by atoms with van der Waals surface area (Å²) in [6, 6.07) is 4.55. The van der Waals surface area contributed by atoms with Gasteiger partial charge in [-0.1, -0.05) is 0 Å². The van der Waals surface area contributed by atoms with E-state index in [0.29, 0.717) is 12.1 Å². The van der Waals surface area contributed by atoms with E-state index in [1.807, 2.05) is 11.8 Å². The molecule has 4 nitrogen and oxygen atoms in total. The Morgan fingerprint density at radius 3 is 2.90 bits per heavy atom. The summed E-state index contributed by atoms with van der Waals surface area (Å²) in [5.74, 6) is -0.470. The number of methoxy groups -OCH3 is 1. The predicted octanol–water partition coefficient (Wildman–Crippen LogP) is 2.05. The molecule has 0 radical (unpaired) electrons. The lowest BCUT2D eigenvalue weighted by molar-refractivity contribution is 0.0661. The zero-order valence-corrected chi connectivity index (χ0v) is 12.0. The highest BCUT2D eigenvalue weighted by Gasteiger charge is 2.25. The van der Waals surface area contributed by atoms with Crippen LogP contribution in [-0.4, -0.2) is 43.6 Å². The molecule has 1 saturated heterocycles. The molecular weight excluding hydrogens is 259 g/mol. The Bertz CT molecular complexity index is 473. The maximum absolute atomic E-state index is 13.7. The van der Waals surface area contributed by atoms with Crippen LogP contribution in [0, 0.1) is 5.82 Å². The van der Waals surface area contributed by atoms with E-state index in [0.717, 1.165) is 25.9 Å². The summed E-state index contributed by atoms with van der Waals surface area (Å²) >= 11 is 0. The van der Waals surface area contributed by atoms with Crippen LogP contribution in [0.3, 0.4) is 0 Å². The summed E-state index contributed by atoms with van der Waals surface area (Å²) in [5.41, 5.74) is 0.371. The van der Waals surface area contributed by atoms with Crippen LogP contribution in [0.15, 0.2) is 18.2 Å². The van der Waals surface area contributed by atoms with Crippen LogP contribution >= 0.6 is 0 Å². The molecule has 1 aromatic rings. The predicted molar refractivity (Wildman–Crippen MR) is 75.6 cm³/mol. The lowest BCUT2D eigenvalue weighted by Gasteiger charge is -2.34. The summed E-state index contributed by atoms with van der Waals surface area (Å²) in [4.78, 5) is 14.3. The highest BCUT2D eigenvalue weighted by Crippen LogP contribution is 2.20. The quantitative estimate of drug-likeness (QED) is 0.918. The van der Waals surface area contributed by atoms with E-state index < -0.39 is 5.82 Å². The van der Waals surface area contributed by atoms with Gasteiger partial charge in [-0.3, -0.25) is 4.79 Å². The number of piperidine rings is 1. The van der Waals surface area contributed by atoms with E-state index in [1.165, 1.54) is 19.2 Å². The van der Waals surface area contributed by atoms with Crippen LogP contribution < -0.4 is 10.1 Å². The van der Waals surface area contributed by atoms with Crippen LogP contribution in [0.1, 0.15) is 30.1 Å². The normalized spacial score (nSPS) is 18.6. The van der Waals surface area contributed by atoms with E-state index in [9.17, 15) is 9.18 Å². The minimum Gasteiger partial charge on any atom is -0.494 e. The number of benzene rings is 1. The van der Waals surface area contributed by atoms with Gasteiger partial charge in [-0.15, -0.1) is 0 Å². The standard InChI is InChI=1S/C15H21FN2O2/c1-3-18(12-5-4-8-17-10-12)15(19)11-6-7-14(20-2)13(16)9-11/h6-7,9,12,17H,3-5,8,10H2,1-2H3. The Hall–Kier alpha value is -1.62. The van der Waals surface area contributed by atoms with Gasteiger partial charge >= 0.3 is 0 Å². The third kappa shape index (κ3) is 3.10. The van der Waals surface area contributed by atoms with Crippen LogP contribution in [-0.2, 0) is 0 Å². The monoisotopic (exact) mass is 280 g/mol. The number of hydrogen-bond donors (Lipinski definition) is 1. The van der Waals surface area contributed by atoms with Gasteiger partial charge in [-0.25, -0.2) is 4.39 Å². The molecule has 1 fully saturated rings. The molecule has 1 aromatic carbocycles. The molecule has 110 valence electrons. The summed E-state index contributed by atoms with van der Waals surface area (Å²) in [6.07, 6.45) is 2.05. The van der Waals surface area contributed by atoms with Crippen LogP contribution in [0.5, 0.6) is 5.75 Å². The molecule has 0 aliphatic carbocycles. The summed E-state index contributed by atoms with van der Waals surface area (Å²) in [5, 5.41) is 3.30. The fourth-order valence-electron chi connectivity index (χ4n) is 2.63. The second-order valence-electron chi connectivity index (χ2n) is 4.94. The second-order valence-corrected chi connectivity index (χ2v) is 4.94. The zero-order chi connectivity index (χ0) is 14.5. The first kappa shape index (κ1) is 14.8. The number of likely N-dealkylation sites (N-methyl/N-ethyl adjacent to an activating group) is 1. The average molecular weight is 280 g/mol. The molecule has 1 atom stereocenters. The van der Waals surface area contributed by atoms with Crippen LogP contribution in [0.2, 0.25) is 0 Å². The van der Waals surface area contributed by atoms with Crippen LogP contribution in [0.25, 0.3) is 0 Å². The molecular formula is C15H21FN2O2. The minimum absolute atomic E-state index is 0.122. The van der Waals surface area contributed by atoms with Crippen molar-refractivity contribution in [2.75, 3.05) is 26.7 Å². The average Bonchev–Trinajstić information content (AvgIpc) is 2.49. The molecule has 20 heavy (non-hydrogen) atoms. The topological polar surface area (TPSA) is 41.6 Å². The van der Waals surface area contributed by atoms with E-state index in [2.05, 4.69) is 5.32 Å². The van der Waals surface area contributed by atoms with Gasteiger partial charge in [0, 0.05) is 24.7 Å². The highest BCUT2D eigenvalue weighted by atomic mass is 19.1. The van der Waals surface area contributed by atoms with Crippen molar-refractivity contribution < 1.29 is 13.9 Å². The fourth-order valence-corrected chi connectivity index (χ4v) is 2.63. The molecule has 1 aliphatic heterocycles. The molecule has 0 bridgehead atoms. The van der Waals surface area contributed by atoms with E-state index in [1.54, 1.807) is 6.07 Å². The smallest absolute Gasteiger partial charge is 0.254 e. The van der Waals surface area contributed by atoms with Gasteiger partial charge in [-0.05, 0) is 44.5 Å². The number of carbonyl (C=O) groups excluding carboxylic acids is 1. The van der Waals surface area contributed by atoms with Gasteiger partial charge in [0.1, 0.15) is 0 Å². The van der Waals surface area contributed by atoms with Gasteiger partial charge in [0.2, 0.25) is 0 Å². The van der Waals surface area contributed by atoms with E-state index >= 15 is 0 Å². The van der Waals surface area contributed by atoms with Crippen molar-refractivity contribution in [1.82, 2.24) is 10.2 Å². The van der Waals surface area contributed by atoms with Gasteiger partial charge in [0.05, 0.1) is 7.11 Å². The van der Waals surface area contributed by atoms with Gasteiger partial charge in [0.25, 0.3) is 5.91 Å². The number of ether oxygens (including phenoxy) is 1. The lowest BCUT2D eigenvalue weighted by atomic mass is 10.0. The zero-order valence-electron chi connectivity index (χ0n) is 12.0. The van der Waals surface area contributed by atoms with Crippen molar-refractivity contribution >= 4 is 5.91 Å². The number of nitrogens with zero attached hydrogens (tertiary/aromatic N) is 1. The number of amides is 1. The molecule has 1 N–H and O–H groups in total. The Morgan fingerprint density at radius 2 is 2.35 bits per heavy atom. The SMILES string of the molecule is CCN(C(=O)c1ccc(OC)c(F)c1)C1CCCNC1. The number of halogens is 1. The molecule has 1 heterocycles. The third-order valence-electron chi connectivity index (χ3n) is 3.71. The van der Waals surface area contributed by atoms with E-state index in [-0.39, 0.29) is 17.7 Å². The second kappa shape index (κ2) is 6.70. The van der Waals surface area contributed by atoms with E-state index in [4.69, 9.17) is 4.74 Å². The Balaban J connectivity index is 2.17. The van der Waals surface area contributed by atoms with Crippen molar-refractivity contribution in [3.63, 3.8) is 0 Å². The maximum Gasteiger partial charge on any atom is 0.254 e. The molecule has 5 heteroatoms. The molecule has 2 rings (SSSR count). The molecule has 1 amide bonds. The molecule has 0 aromatic heterocycles. The summed E-state index contributed by atoms with van der Waals surface area (Å²) in [7, 11) is 1.41. The van der Waals surface area contributed by atoms with Crippen molar-refractivity contribution in [1.29, 1.82) is 0 Å². The first-order valence-corrected chi connectivity index (χ1v) is 7.02. The van der Waals surface area contributed by atoms with Gasteiger partial charge in [0.15, 0.2) is 11.6 Å². The first-order chi connectivity index (χ1) is 9.67. The molecule has 0 saturated carbocycles. The van der Waals surface area contributed by atoms with Crippen LogP contribution in [0.4, 0.5) is 4.39 Å². The third-order valence-corrected chi connectivity index (χ3v) is 3.71. The van der Waals surface area contributed by atoms with Crippen molar-refractivity contribution in [2.45, 2.75) is 25.8 Å². The molecule has 0 spiro atoms. The largest absolute Gasteiger partial charge is 0.494 e. The molecule has 1 aliphatic rings. The Morgan fingerprint density at radius 1 is 1.55 bits per heavy atom. The number of carbonyl (C=O) groups is 1. The first-order valence-electron chi connectivity index (χ1n) is 7.02. The van der Waals surface area contributed by atoms with Crippen molar-refractivity contribution in [3.8, 4) is 5.75 Å². The lowest BCUT2D eigenvalue weighted by Crippen LogP contribution is -2.48. The maximum atomic E-state index is 13.7. The van der Waals surface area contributed by atoms with Crippen molar-refractivity contribution in [3.05, 3.63) is 29.6 Å². The number of hydrogen-bond acceptors (Lipinski definition) is 3. The molecule has 1 unspecified atom stereocenters. The summed E-state index contributed by atoms with van der Waals surface area (Å²) < 4.78 is 18.6. The Kier molecular flexibility index (Phi) is 4.95. The minimum atomic E-state index is -0.504. The summed E-state index contributed by atoms with van der Waals surface area (Å²) in [6.45, 7) is 4.38. The van der Waals surface area contributed by atoms with Gasteiger partial charge < -0.3 is 15.0 Å². The van der Waals surface area contributed by atoms with Crippen molar-refractivity contribution in [2.24, 2.45) is 0 Å². The number of rotatable bonds is 4. The fraction of sp³-hybridized carbons (Fsp3) is 0.533. The van der Waals surface area contributed by atoms with Gasteiger partial charge in [-0.2, -0.15) is 0 Å². The number of nitrogens with one attached hydrogen (secondary N) is 1.